The number of fused-ring (bicyclic) bond motifs is 1. The number of hydrogen-bond acceptors (Lipinski definition) is 4. The van der Waals surface area contributed by atoms with Gasteiger partial charge in [0.1, 0.15) is 17.1 Å². The summed E-state index contributed by atoms with van der Waals surface area (Å²) in [6, 6.07) is 7.15. The lowest BCUT2D eigenvalue weighted by molar-refractivity contribution is -0.122. The zero-order valence-electron chi connectivity index (χ0n) is 14.4. The number of rotatable bonds is 5. The lowest BCUT2D eigenvalue weighted by Gasteiger charge is -2.15. The predicted octanol–water partition coefficient (Wildman–Crippen LogP) is 2.27. The minimum absolute atomic E-state index is 0.0337. The summed E-state index contributed by atoms with van der Waals surface area (Å²) in [6.45, 7) is 3.55. The molecule has 1 atom stereocenters. The Morgan fingerprint density at radius 3 is 2.69 bits per heavy atom. The average Bonchev–Trinajstić information content (AvgIpc) is 3.10. The summed E-state index contributed by atoms with van der Waals surface area (Å²) in [7, 11) is 0. The number of carbonyl (C=O) groups is 1. The molecule has 0 fully saturated rings. The molecule has 0 saturated heterocycles. The first-order valence-electron chi connectivity index (χ1n) is 8.21. The van der Waals surface area contributed by atoms with E-state index in [0.29, 0.717) is 10.2 Å². The Kier molecular flexibility index (Phi) is 5.03. The molecule has 0 aliphatic heterocycles. The SMILES string of the molecule is CC[C@@H](C)NC(=O)Cn1c(=O)n(-c2ccccc2F)c(=O)c2sccc21. The standard InChI is InChI=1S/C18H18FN3O3S/c1-3-11(2)20-15(23)10-21-14-8-9-26-16(14)17(24)22(18(21)25)13-7-5-4-6-12(13)19/h4-9,11H,3,10H2,1-2H3,(H,20,23)/t11-/m1/s1. The van der Waals surface area contributed by atoms with E-state index in [0.717, 1.165) is 22.3 Å². The lowest BCUT2D eigenvalue weighted by Crippen LogP contribution is -2.43. The number of thiophene rings is 1. The molecule has 1 amide bonds. The van der Waals surface area contributed by atoms with E-state index in [1.165, 1.54) is 22.8 Å². The van der Waals surface area contributed by atoms with E-state index in [2.05, 4.69) is 5.32 Å². The second-order valence-electron chi connectivity index (χ2n) is 5.97. The van der Waals surface area contributed by atoms with Gasteiger partial charge in [0.2, 0.25) is 5.91 Å². The predicted molar refractivity (Wildman–Crippen MR) is 99.5 cm³/mol. The molecule has 1 N–H and O–H groups in total. The van der Waals surface area contributed by atoms with E-state index in [1.807, 2.05) is 13.8 Å². The van der Waals surface area contributed by atoms with Crippen LogP contribution in [0.2, 0.25) is 0 Å². The highest BCUT2D eigenvalue weighted by atomic mass is 32.1. The van der Waals surface area contributed by atoms with Crippen molar-refractivity contribution in [3.8, 4) is 5.69 Å². The van der Waals surface area contributed by atoms with Gasteiger partial charge in [-0.2, -0.15) is 0 Å². The number of halogens is 1. The minimum atomic E-state index is -0.745. The molecule has 26 heavy (non-hydrogen) atoms. The van der Waals surface area contributed by atoms with Crippen LogP contribution in [0.1, 0.15) is 20.3 Å². The van der Waals surface area contributed by atoms with Gasteiger partial charge in [-0.25, -0.2) is 13.8 Å². The second-order valence-corrected chi connectivity index (χ2v) is 6.89. The molecule has 0 spiro atoms. The van der Waals surface area contributed by atoms with Crippen LogP contribution in [0.3, 0.4) is 0 Å². The average molecular weight is 375 g/mol. The van der Waals surface area contributed by atoms with Crippen molar-refractivity contribution in [2.75, 3.05) is 0 Å². The number of para-hydroxylation sites is 1. The van der Waals surface area contributed by atoms with Crippen molar-refractivity contribution in [2.24, 2.45) is 0 Å². The van der Waals surface area contributed by atoms with Crippen molar-refractivity contribution < 1.29 is 9.18 Å². The molecule has 3 rings (SSSR count). The third kappa shape index (κ3) is 3.20. The lowest BCUT2D eigenvalue weighted by atomic mass is 10.2. The van der Waals surface area contributed by atoms with Crippen molar-refractivity contribution in [3.63, 3.8) is 0 Å². The zero-order chi connectivity index (χ0) is 18.8. The van der Waals surface area contributed by atoms with Gasteiger partial charge >= 0.3 is 5.69 Å². The highest BCUT2D eigenvalue weighted by Gasteiger charge is 2.19. The Bertz CT molecular complexity index is 1080. The Labute approximate surface area is 152 Å². The monoisotopic (exact) mass is 375 g/mol. The molecule has 0 aliphatic carbocycles. The van der Waals surface area contributed by atoms with E-state index in [4.69, 9.17) is 0 Å². The van der Waals surface area contributed by atoms with Crippen LogP contribution >= 0.6 is 11.3 Å². The number of nitrogens with one attached hydrogen (secondary N) is 1. The molecule has 0 bridgehead atoms. The first-order chi connectivity index (χ1) is 12.4. The van der Waals surface area contributed by atoms with Crippen LogP contribution in [-0.2, 0) is 11.3 Å². The van der Waals surface area contributed by atoms with Crippen molar-refractivity contribution in [3.05, 3.63) is 62.4 Å². The summed E-state index contributed by atoms with van der Waals surface area (Å²) < 4.78 is 16.5. The van der Waals surface area contributed by atoms with Gasteiger partial charge in [0, 0.05) is 6.04 Å². The van der Waals surface area contributed by atoms with E-state index < -0.39 is 17.1 Å². The number of hydrogen-bond donors (Lipinski definition) is 1. The molecule has 6 nitrogen and oxygen atoms in total. The fourth-order valence-corrected chi connectivity index (χ4v) is 3.48. The van der Waals surface area contributed by atoms with Gasteiger partial charge in [-0.1, -0.05) is 19.1 Å². The maximum Gasteiger partial charge on any atom is 0.336 e. The molecule has 2 aromatic heterocycles. The molecule has 0 unspecified atom stereocenters. The summed E-state index contributed by atoms with van der Waals surface area (Å²) in [5.74, 6) is -1.02. The highest BCUT2D eigenvalue weighted by Crippen LogP contribution is 2.17. The molecular formula is C18H18FN3O3S. The zero-order valence-corrected chi connectivity index (χ0v) is 15.2. The normalized spacial score (nSPS) is 12.3. The summed E-state index contributed by atoms with van der Waals surface area (Å²) in [4.78, 5) is 37.9. The fraction of sp³-hybridized carbons (Fsp3) is 0.278. The highest BCUT2D eigenvalue weighted by molar-refractivity contribution is 7.17. The van der Waals surface area contributed by atoms with Crippen LogP contribution in [-0.4, -0.2) is 21.1 Å². The van der Waals surface area contributed by atoms with E-state index >= 15 is 0 Å². The first-order valence-corrected chi connectivity index (χ1v) is 9.09. The molecule has 8 heteroatoms. The maximum atomic E-state index is 14.2. The summed E-state index contributed by atoms with van der Waals surface area (Å²) >= 11 is 1.15. The Morgan fingerprint density at radius 1 is 1.27 bits per heavy atom. The van der Waals surface area contributed by atoms with Gasteiger partial charge in [-0.05, 0) is 36.9 Å². The maximum absolute atomic E-state index is 14.2. The molecular weight excluding hydrogens is 357 g/mol. The topological polar surface area (TPSA) is 73.1 Å². The third-order valence-corrected chi connectivity index (χ3v) is 5.06. The van der Waals surface area contributed by atoms with E-state index in [-0.39, 0.29) is 24.2 Å². The van der Waals surface area contributed by atoms with Crippen LogP contribution in [0.4, 0.5) is 4.39 Å². The van der Waals surface area contributed by atoms with Gasteiger partial charge in [0.25, 0.3) is 5.56 Å². The van der Waals surface area contributed by atoms with Gasteiger partial charge in [-0.3, -0.25) is 14.2 Å². The van der Waals surface area contributed by atoms with Gasteiger partial charge in [0.15, 0.2) is 0 Å². The van der Waals surface area contributed by atoms with Gasteiger partial charge in [-0.15, -0.1) is 11.3 Å². The molecule has 0 saturated carbocycles. The van der Waals surface area contributed by atoms with Crippen molar-refractivity contribution in [1.29, 1.82) is 0 Å². The van der Waals surface area contributed by atoms with Gasteiger partial charge < -0.3 is 5.32 Å². The first kappa shape index (κ1) is 18.1. The summed E-state index contributed by atoms with van der Waals surface area (Å²) in [5, 5.41) is 4.46. The number of carbonyl (C=O) groups excluding carboxylic acids is 1. The number of amides is 1. The fourth-order valence-electron chi connectivity index (χ4n) is 2.65. The summed E-state index contributed by atoms with van der Waals surface area (Å²) in [5.41, 5.74) is -1.10. The second kappa shape index (κ2) is 7.25. The largest absolute Gasteiger partial charge is 0.352 e. The van der Waals surface area contributed by atoms with Crippen LogP contribution in [0.25, 0.3) is 15.9 Å². The Morgan fingerprint density at radius 2 is 2.00 bits per heavy atom. The quantitative estimate of drug-likeness (QED) is 0.744. The smallest absolute Gasteiger partial charge is 0.336 e. The van der Waals surface area contributed by atoms with E-state index in [1.54, 1.807) is 17.5 Å². The molecule has 0 aliphatic rings. The van der Waals surface area contributed by atoms with Crippen LogP contribution in [0.5, 0.6) is 0 Å². The van der Waals surface area contributed by atoms with E-state index in [9.17, 15) is 18.8 Å². The van der Waals surface area contributed by atoms with Crippen molar-refractivity contribution >= 4 is 27.5 Å². The Hall–Kier alpha value is -2.74. The van der Waals surface area contributed by atoms with Crippen LogP contribution in [0, 0.1) is 5.82 Å². The molecule has 0 radical (unpaired) electrons. The van der Waals surface area contributed by atoms with Crippen molar-refractivity contribution in [1.82, 2.24) is 14.5 Å². The number of benzene rings is 1. The van der Waals surface area contributed by atoms with Gasteiger partial charge in [0.05, 0.1) is 11.2 Å². The molecule has 3 aromatic rings. The van der Waals surface area contributed by atoms with Crippen LogP contribution < -0.4 is 16.6 Å². The molecule has 136 valence electrons. The Balaban J connectivity index is 2.20. The third-order valence-electron chi connectivity index (χ3n) is 4.17. The number of nitrogens with zero attached hydrogens (tertiary/aromatic N) is 2. The molecule has 2 heterocycles. The van der Waals surface area contributed by atoms with Crippen molar-refractivity contribution in [2.45, 2.75) is 32.9 Å². The number of aromatic nitrogens is 2. The molecule has 1 aromatic carbocycles. The minimum Gasteiger partial charge on any atom is -0.352 e. The van der Waals surface area contributed by atoms with Crippen LogP contribution in [0.15, 0.2) is 45.3 Å². The summed E-state index contributed by atoms with van der Waals surface area (Å²) in [6.07, 6.45) is 0.753.